The molecule has 3 rings (SSSR count). The number of hydrogen-bond donors (Lipinski definition) is 1. The van der Waals surface area contributed by atoms with Gasteiger partial charge in [-0.3, -0.25) is 0 Å². The Morgan fingerprint density at radius 2 is 2.06 bits per heavy atom. The van der Waals surface area contributed by atoms with E-state index in [0.29, 0.717) is 6.42 Å². The third-order valence-corrected chi connectivity index (χ3v) is 5.33. The molecule has 90 valence electrons. The van der Waals surface area contributed by atoms with E-state index in [0.717, 1.165) is 15.7 Å². The fraction of sp³-hybridized carbons (Fsp3) is 0.143. The van der Waals surface area contributed by atoms with Gasteiger partial charge in [0.1, 0.15) is 0 Å². The first-order valence-electron chi connectivity index (χ1n) is 5.71. The standard InChI is InChI=1S/C14H11NO2Se/c16-10-6-7-11-12(8-10)18-14(15-11)13(17)9-4-2-1-3-5-9/h1-5,7-8,14-15H,6H2. The Hall–Kier alpha value is -1.64. The van der Waals surface area contributed by atoms with Crippen LogP contribution in [0.1, 0.15) is 16.8 Å². The van der Waals surface area contributed by atoms with Gasteiger partial charge >= 0.3 is 111 Å². The van der Waals surface area contributed by atoms with Gasteiger partial charge in [0.15, 0.2) is 0 Å². The summed E-state index contributed by atoms with van der Waals surface area (Å²) < 4.78 is 1.02. The molecule has 1 aliphatic carbocycles. The van der Waals surface area contributed by atoms with Crippen molar-refractivity contribution in [2.45, 2.75) is 11.4 Å². The zero-order chi connectivity index (χ0) is 12.5. The number of carbonyl (C=O) groups excluding carboxylic acids is 2. The first-order chi connectivity index (χ1) is 8.74. The number of ketones is 2. The molecular weight excluding hydrogens is 293 g/mol. The van der Waals surface area contributed by atoms with Gasteiger partial charge in [0.25, 0.3) is 0 Å². The normalized spacial score (nSPS) is 21.8. The number of hydrogen-bond acceptors (Lipinski definition) is 3. The van der Waals surface area contributed by atoms with Crippen LogP contribution in [0.3, 0.4) is 0 Å². The van der Waals surface area contributed by atoms with Crippen LogP contribution in [0.4, 0.5) is 0 Å². The topological polar surface area (TPSA) is 46.2 Å². The van der Waals surface area contributed by atoms with Gasteiger partial charge < -0.3 is 0 Å². The molecule has 1 aromatic carbocycles. The van der Waals surface area contributed by atoms with E-state index in [1.807, 2.05) is 36.4 Å². The molecule has 1 saturated heterocycles. The molecule has 1 fully saturated rings. The number of carbonyl (C=O) groups is 2. The number of allylic oxidation sites excluding steroid dienone is 3. The van der Waals surface area contributed by atoms with E-state index in [1.54, 1.807) is 6.08 Å². The molecule has 1 N–H and O–H groups in total. The Morgan fingerprint density at radius 3 is 2.83 bits per heavy atom. The zero-order valence-electron chi connectivity index (χ0n) is 9.55. The monoisotopic (exact) mass is 305 g/mol. The molecule has 4 heteroatoms. The minimum atomic E-state index is -0.178. The van der Waals surface area contributed by atoms with Gasteiger partial charge in [-0.2, -0.15) is 0 Å². The average Bonchev–Trinajstić information content (AvgIpc) is 2.81. The van der Waals surface area contributed by atoms with Crippen molar-refractivity contribution in [3.63, 3.8) is 0 Å². The van der Waals surface area contributed by atoms with Crippen molar-refractivity contribution in [1.82, 2.24) is 5.32 Å². The summed E-state index contributed by atoms with van der Waals surface area (Å²) in [4.78, 5) is 23.4. The van der Waals surface area contributed by atoms with E-state index in [-0.39, 0.29) is 31.5 Å². The second kappa shape index (κ2) is 4.56. The molecule has 1 atom stereocenters. The van der Waals surface area contributed by atoms with Crippen LogP contribution in [0.2, 0.25) is 0 Å². The van der Waals surface area contributed by atoms with Crippen LogP contribution >= 0.6 is 0 Å². The molecule has 1 unspecified atom stereocenters. The van der Waals surface area contributed by atoms with Crippen molar-refractivity contribution >= 4 is 26.5 Å². The van der Waals surface area contributed by atoms with Crippen LogP contribution < -0.4 is 5.32 Å². The quantitative estimate of drug-likeness (QED) is 0.660. The number of Topliss-reactive ketones (excluding diaryl/α,β-unsaturated/α-hetero) is 1. The van der Waals surface area contributed by atoms with Crippen molar-refractivity contribution in [2.75, 3.05) is 0 Å². The fourth-order valence-corrected chi connectivity index (χ4v) is 4.40. The van der Waals surface area contributed by atoms with Gasteiger partial charge in [0.05, 0.1) is 0 Å². The van der Waals surface area contributed by atoms with Gasteiger partial charge in [-0.15, -0.1) is 0 Å². The van der Waals surface area contributed by atoms with Gasteiger partial charge in [0.2, 0.25) is 0 Å². The fourth-order valence-electron chi connectivity index (χ4n) is 1.98. The summed E-state index contributed by atoms with van der Waals surface area (Å²) in [6.45, 7) is 0. The molecular formula is C14H11NO2Se. The van der Waals surface area contributed by atoms with E-state index >= 15 is 0 Å². The first-order valence-corrected chi connectivity index (χ1v) is 7.56. The number of rotatable bonds is 2. The van der Waals surface area contributed by atoms with Gasteiger partial charge in [-0.1, -0.05) is 0 Å². The Kier molecular flexibility index (Phi) is 2.90. The second-order valence-corrected chi connectivity index (χ2v) is 6.58. The number of benzene rings is 1. The summed E-state index contributed by atoms with van der Waals surface area (Å²) >= 11 is -0.00512. The first kappa shape index (κ1) is 11.4. The Labute approximate surface area is 111 Å². The van der Waals surface area contributed by atoms with Crippen molar-refractivity contribution in [3.8, 4) is 0 Å². The molecule has 3 nitrogen and oxygen atoms in total. The minimum absolute atomic E-state index is 0.00512. The van der Waals surface area contributed by atoms with Crippen molar-refractivity contribution in [3.05, 3.63) is 58.2 Å². The van der Waals surface area contributed by atoms with Crippen LogP contribution in [0, 0.1) is 0 Å². The molecule has 18 heavy (non-hydrogen) atoms. The average molecular weight is 304 g/mol. The number of fused-ring (bicyclic) bond motifs is 1. The Bertz CT molecular complexity index is 575. The molecule has 0 amide bonds. The molecule has 0 saturated carbocycles. The van der Waals surface area contributed by atoms with Gasteiger partial charge in [-0.05, 0) is 0 Å². The van der Waals surface area contributed by atoms with Crippen molar-refractivity contribution in [2.24, 2.45) is 0 Å². The summed E-state index contributed by atoms with van der Waals surface area (Å²) in [5, 5.41) is 3.23. The third kappa shape index (κ3) is 2.05. The van der Waals surface area contributed by atoms with Crippen LogP contribution in [0.5, 0.6) is 0 Å². The van der Waals surface area contributed by atoms with Crippen molar-refractivity contribution < 1.29 is 9.59 Å². The summed E-state index contributed by atoms with van der Waals surface area (Å²) in [5.41, 5.74) is 1.70. The van der Waals surface area contributed by atoms with E-state index in [2.05, 4.69) is 5.32 Å². The van der Waals surface area contributed by atoms with Crippen LogP contribution in [0.15, 0.2) is 52.7 Å². The van der Waals surface area contributed by atoms with Crippen molar-refractivity contribution in [1.29, 1.82) is 0 Å². The Balaban J connectivity index is 1.83. The van der Waals surface area contributed by atoms with Gasteiger partial charge in [0, 0.05) is 0 Å². The summed E-state index contributed by atoms with van der Waals surface area (Å²) in [7, 11) is 0. The SMILES string of the molecule is O=C1C=C2[Se]C(C(=O)c3ccccc3)NC2=CC1. The van der Waals surface area contributed by atoms with E-state index in [1.165, 1.54) is 0 Å². The second-order valence-electron chi connectivity index (χ2n) is 4.17. The zero-order valence-corrected chi connectivity index (χ0v) is 11.3. The molecule has 1 aromatic rings. The summed E-state index contributed by atoms with van der Waals surface area (Å²) in [6, 6.07) is 9.29. The predicted octanol–water partition coefficient (Wildman–Crippen LogP) is 1.24. The molecule has 1 aliphatic heterocycles. The predicted molar refractivity (Wildman–Crippen MR) is 69.2 cm³/mol. The maximum atomic E-state index is 12.3. The number of nitrogens with one attached hydrogen (secondary N) is 1. The van der Waals surface area contributed by atoms with Crippen LogP contribution in [-0.2, 0) is 4.79 Å². The Morgan fingerprint density at radius 1 is 1.28 bits per heavy atom. The van der Waals surface area contributed by atoms with Crippen LogP contribution in [-0.4, -0.2) is 31.5 Å². The summed E-state index contributed by atoms with van der Waals surface area (Å²) in [6.07, 6.45) is 4.01. The molecule has 0 bridgehead atoms. The summed E-state index contributed by atoms with van der Waals surface area (Å²) in [5.74, 6) is 0.240. The van der Waals surface area contributed by atoms with E-state index in [4.69, 9.17) is 0 Å². The molecule has 0 radical (unpaired) electrons. The molecule has 0 aromatic heterocycles. The third-order valence-electron chi connectivity index (χ3n) is 2.89. The van der Waals surface area contributed by atoms with E-state index in [9.17, 15) is 9.59 Å². The molecule has 2 aliphatic rings. The molecule has 0 spiro atoms. The molecule has 1 heterocycles. The maximum absolute atomic E-state index is 12.3. The van der Waals surface area contributed by atoms with E-state index < -0.39 is 0 Å². The van der Waals surface area contributed by atoms with Crippen LogP contribution in [0.25, 0.3) is 0 Å². The van der Waals surface area contributed by atoms with Gasteiger partial charge in [-0.25, -0.2) is 0 Å².